The van der Waals surface area contributed by atoms with Gasteiger partial charge in [-0.3, -0.25) is 10.2 Å². The van der Waals surface area contributed by atoms with Crippen LogP contribution in [0.2, 0.25) is 0 Å². The number of hydrogen-bond donors (Lipinski definition) is 5. The summed E-state index contributed by atoms with van der Waals surface area (Å²) in [5.41, 5.74) is 5.33. The van der Waals surface area contributed by atoms with Crippen molar-refractivity contribution in [3.63, 3.8) is 0 Å². The number of thioether (sulfide) groups is 1. The van der Waals surface area contributed by atoms with E-state index < -0.39 is 28.9 Å². The number of carbonyl (C=O) groups excluding carboxylic acids is 1. The van der Waals surface area contributed by atoms with Crippen LogP contribution >= 0.6 is 11.8 Å². The number of aliphatic hydroxyl groups excluding tert-OH is 3. The Morgan fingerprint density at radius 1 is 1.53 bits per heavy atom. The predicted octanol–water partition coefficient (Wildman–Crippen LogP) is -2.56. The molecule has 2 aliphatic rings. The van der Waals surface area contributed by atoms with E-state index in [4.69, 9.17) is 10.8 Å². The second kappa shape index (κ2) is 4.69. The Labute approximate surface area is 101 Å². The van der Waals surface area contributed by atoms with E-state index in [1.165, 1.54) is 4.90 Å². The van der Waals surface area contributed by atoms with Gasteiger partial charge in [-0.2, -0.15) is 0 Å². The maximum absolute atomic E-state index is 11.6. The molecule has 0 radical (unpaired) electrons. The minimum absolute atomic E-state index is 0.0251. The van der Waals surface area contributed by atoms with Crippen LogP contribution in [-0.4, -0.2) is 68.3 Å². The normalized spacial score (nSPS) is 37.9. The van der Waals surface area contributed by atoms with Crippen LogP contribution in [0.4, 0.5) is 4.79 Å². The summed E-state index contributed by atoms with van der Waals surface area (Å²) in [5.74, 6) is 0.0305. The molecule has 0 unspecified atom stereocenters. The molecule has 2 amide bonds. The van der Waals surface area contributed by atoms with Crippen molar-refractivity contribution in [2.45, 2.75) is 22.8 Å². The molecule has 9 heteroatoms. The van der Waals surface area contributed by atoms with Gasteiger partial charge in [0.1, 0.15) is 18.1 Å². The highest BCUT2D eigenvalue weighted by atomic mass is 32.2. The number of carbonyl (C=O) groups is 1. The van der Waals surface area contributed by atoms with Gasteiger partial charge in [0, 0.05) is 0 Å². The van der Waals surface area contributed by atoms with E-state index in [0.29, 0.717) is 0 Å². The van der Waals surface area contributed by atoms with E-state index in [0.717, 1.165) is 11.8 Å². The number of nitrogens with two attached hydrogens (primary N) is 1. The molecule has 0 aliphatic carbocycles. The van der Waals surface area contributed by atoms with Gasteiger partial charge in [0.2, 0.25) is 0 Å². The second-order valence-corrected chi connectivity index (χ2v) is 5.17. The lowest BCUT2D eigenvalue weighted by molar-refractivity contribution is 0.000598. The van der Waals surface area contributed by atoms with Crippen molar-refractivity contribution in [3.05, 3.63) is 0 Å². The Morgan fingerprint density at radius 3 is 2.76 bits per heavy atom. The molecule has 0 spiro atoms. The van der Waals surface area contributed by atoms with Crippen LogP contribution in [0.25, 0.3) is 0 Å². The second-order valence-electron chi connectivity index (χ2n) is 3.81. The monoisotopic (exact) mass is 262 g/mol. The van der Waals surface area contributed by atoms with Gasteiger partial charge in [-0.1, -0.05) is 0 Å². The van der Waals surface area contributed by atoms with Crippen LogP contribution in [0.3, 0.4) is 0 Å². The van der Waals surface area contributed by atoms with Gasteiger partial charge in [0.25, 0.3) is 0 Å². The van der Waals surface area contributed by atoms with Gasteiger partial charge in [0.05, 0.1) is 18.0 Å². The van der Waals surface area contributed by atoms with E-state index in [1.807, 2.05) is 0 Å². The maximum atomic E-state index is 11.6. The first kappa shape index (κ1) is 12.4. The maximum Gasteiger partial charge on any atom is 0.326 e. The number of amides is 2. The number of aliphatic hydroxyl groups is 3. The summed E-state index contributed by atoms with van der Waals surface area (Å²) in [6.45, 7) is -0.239. The molecule has 1 fully saturated rings. The van der Waals surface area contributed by atoms with Gasteiger partial charge >= 0.3 is 6.03 Å². The highest BCUT2D eigenvalue weighted by molar-refractivity contribution is 8.00. The molecule has 2 aliphatic heterocycles. The number of nitrogens with one attached hydrogen (secondary N) is 1. The third-order valence-corrected chi connectivity index (χ3v) is 4.30. The largest absolute Gasteiger partial charge is 0.395 e. The van der Waals surface area contributed by atoms with Crippen molar-refractivity contribution in [1.82, 2.24) is 10.2 Å². The lowest BCUT2D eigenvalue weighted by Crippen LogP contribution is -2.55. The summed E-state index contributed by atoms with van der Waals surface area (Å²) in [4.78, 5) is 16.7. The van der Waals surface area contributed by atoms with Crippen molar-refractivity contribution in [3.8, 4) is 0 Å². The molecule has 0 aromatic carbocycles. The predicted molar refractivity (Wildman–Crippen MR) is 61.1 cm³/mol. The molecule has 2 rings (SSSR count). The first-order chi connectivity index (χ1) is 8.04. The summed E-state index contributed by atoms with van der Waals surface area (Å²) in [5, 5.41) is 29.7. The summed E-state index contributed by atoms with van der Waals surface area (Å²) in [6.07, 6.45) is -2.18. The Morgan fingerprint density at radius 2 is 2.24 bits per heavy atom. The first-order valence-electron chi connectivity index (χ1n) is 5.04. The zero-order valence-electron chi connectivity index (χ0n) is 8.85. The average Bonchev–Trinajstić information content (AvgIpc) is 2.57. The third kappa shape index (κ3) is 2.18. The lowest BCUT2D eigenvalue weighted by atomic mass is 10.1. The fourth-order valence-corrected chi connectivity index (χ4v) is 3.17. The molecule has 17 heavy (non-hydrogen) atoms. The van der Waals surface area contributed by atoms with E-state index >= 15 is 0 Å². The van der Waals surface area contributed by atoms with E-state index in [9.17, 15) is 15.0 Å². The molecule has 0 bridgehead atoms. The van der Waals surface area contributed by atoms with E-state index in [2.05, 4.69) is 10.3 Å². The summed E-state index contributed by atoms with van der Waals surface area (Å²) >= 11 is 1.14. The van der Waals surface area contributed by atoms with Crippen LogP contribution in [-0.2, 0) is 0 Å². The SMILES string of the molecule is NC1=NCN([C@@H]2S[C@H](CO)[C@@H](O)[C@@H]2O)C(=O)N1. The zero-order chi connectivity index (χ0) is 12.6. The number of urea groups is 1. The number of aliphatic imine (C=N–C) groups is 1. The molecule has 6 N–H and O–H groups in total. The summed E-state index contributed by atoms with van der Waals surface area (Å²) in [6, 6.07) is -0.472. The van der Waals surface area contributed by atoms with Crippen LogP contribution in [0, 0.1) is 0 Å². The molecular formula is C8H14N4O4S. The standard InChI is InChI=1S/C8H14N4O4S/c9-7-10-2-12(8(16)11-7)6-5(15)4(14)3(1-13)17-6/h3-6,13-15H,1-2H2,(H3,9,10,11,16)/t3-,4-,5+,6-/m1/s1. The number of rotatable bonds is 2. The molecular weight excluding hydrogens is 248 g/mol. The first-order valence-corrected chi connectivity index (χ1v) is 5.99. The van der Waals surface area contributed by atoms with Gasteiger partial charge < -0.3 is 21.1 Å². The number of guanidine groups is 1. The van der Waals surface area contributed by atoms with Crippen molar-refractivity contribution >= 4 is 23.8 Å². The summed E-state index contributed by atoms with van der Waals surface area (Å²) < 4.78 is 0. The molecule has 2 heterocycles. The number of nitrogens with zero attached hydrogens (tertiary/aromatic N) is 2. The van der Waals surface area contributed by atoms with Crippen LogP contribution < -0.4 is 11.1 Å². The summed E-state index contributed by atoms with van der Waals surface area (Å²) in [7, 11) is 0. The van der Waals surface area contributed by atoms with Crippen LogP contribution in [0.5, 0.6) is 0 Å². The topological polar surface area (TPSA) is 131 Å². The van der Waals surface area contributed by atoms with Crippen molar-refractivity contribution in [2.24, 2.45) is 10.7 Å². The van der Waals surface area contributed by atoms with E-state index in [-0.39, 0.29) is 19.2 Å². The van der Waals surface area contributed by atoms with Gasteiger partial charge in [0.15, 0.2) is 5.96 Å². The Bertz CT molecular complexity index is 352. The third-order valence-electron chi connectivity index (χ3n) is 2.71. The molecule has 0 aromatic rings. The molecule has 96 valence electrons. The van der Waals surface area contributed by atoms with Gasteiger partial charge in [-0.15, -0.1) is 11.8 Å². The Hall–Kier alpha value is -1.03. The van der Waals surface area contributed by atoms with Gasteiger partial charge in [-0.05, 0) is 0 Å². The molecule has 1 saturated heterocycles. The lowest BCUT2D eigenvalue weighted by Gasteiger charge is -2.31. The van der Waals surface area contributed by atoms with Crippen molar-refractivity contribution < 1.29 is 20.1 Å². The highest BCUT2D eigenvalue weighted by Gasteiger charge is 2.46. The van der Waals surface area contributed by atoms with Gasteiger partial charge in [-0.25, -0.2) is 9.79 Å². The molecule has 8 nitrogen and oxygen atoms in total. The zero-order valence-corrected chi connectivity index (χ0v) is 9.67. The van der Waals surface area contributed by atoms with Crippen LogP contribution in [0.1, 0.15) is 0 Å². The minimum Gasteiger partial charge on any atom is -0.395 e. The number of hydrogen-bond acceptors (Lipinski definition) is 7. The smallest absolute Gasteiger partial charge is 0.326 e. The van der Waals surface area contributed by atoms with E-state index in [1.54, 1.807) is 0 Å². The fraction of sp³-hybridized carbons (Fsp3) is 0.750. The van der Waals surface area contributed by atoms with Crippen molar-refractivity contribution in [2.75, 3.05) is 13.3 Å². The van der Waals surface area contributed by atoms with Crippen molar-refractivity contribution in [1.29, 1.82) is 0 Å². The average molecular weight is 262 g/mol. The quantitative estimate of drug-likeness (QED) is 0.372. The Kier molecular flexibility index (Phi) is 3.43. The molecule has 4 atom stereocenters. The molecule has 0 saturated carbocycles. The fourth-order valence-electron chi connectivity index (χ4n) is 1.77. The van der Waals surface area contributed by atoms with Crippen LogP contribution in [0.15, 0.2) is 4.99 Å². The Balaban J connectivity index is 2.11. The minimum atomic E-state index is -1.11. The molecule has 0 aromatic heterocycles. The highest BCUT2D eigenvalue weighted by Crippen LogP contribution is 2.36.